The van der Waals surface area contributed by atoms with Gasteiger partial charge in [-0.3, -0.25) is 25.8 Å². The number of fused-ring (bicyclic) bond motifs is 5. The lowest BCUT2D eigenvalue weighted by molar-refractivity contribution is -0.126. The summed E-state index contributed by atoms with van der Waals surface area (Å²) in [5.41, 5.74) is 8.93. The first-order valence-corrected chi connectivity index (χ1v) is 13.2. The van der Waals surface area contributed by atoms with E-state index in [0.717, 1.165) is 22.3 Å². The average Bonchev–Trinajstić information content (AvgIpc) is 3.33. The molecule has 0 bridgehead atoms. The van der Waals surface area contributed by atoms with Crippen molar-refractivity contribution in [2.75, 3.05) is 7.11 Å². The summed E-state index contributed by atoms with van der Waals surface area (Å²) < 4.78 is 10.9. The van der Waals surface area contributed by atoms with Crippen LogP contribution in [0.4, 0.5) is 0 Å². The molecule has 42 heavy (non-hydrogen) atoms. The Labute approximate surface area is 241 Å². The molecule has 4 aromatic carbocycles. The third-order valence-corrected chi connectivity index (χ3v) is 7.34. The number of aliphatic imine (C=N–C) groups is 1. The minimum absolute atomic E-state index is 0.0340. The van der Waals surface area contributed by atoms with E-state index in [4.69, 9.17) is 9.47 Å². The number of rotatable bonds is 4. The smallest absolute Gasteiger partial charge is 0.292 e. The number of ether oxygens (including phenoxy) is 2. The van der Waals surface area contributed by atoms with Crippen LogP contribution in [0.15, 0.2) is 125 Å². The van der Waals surface area contributed by atoms with Crippen molar-refractivity contribution in [1.29, 1.82) is 0 Å². The molecule has 206 valence electrons. The van der Waals surface area contributed by atoms with Gasteiger partial charge >= 0.3 is 0 Å². The second kappa shape index (κ2) is 9.93. The number of hydrazine groups is 1. The van der Waals surface area contributed by atoms with Gasteiger partial charge in [0.2, 0.25) is 5.96 Å². The molecule has 10 nitrogen and oxygen atoms in total. The van der Waals surface area contributed by atoms with Crippen LogP contribution in [-0.2, 0) is 15.1 Å². The summed E-state index contributed by atoms with van der Waals surface area (Å²) >= 11 is 0. The molecule has 10 heteroatoms. The number of nitrogens with one attached hydrogen (secondary N) is 3. The number of nitrogens with zero attached hydrogens (tertiary/aromatic N) is 3. The topological polar surface area (TPSA) is 117 Å². The summed E-state index contributed by atoms with van der Waals surface area (Å²) in [6, 6.07) is 31.7. The van der Waals surface area contributed by atoms with Crippen molar-refractivity contribution >= 4 is 23.6 Å². The Morgan fingerprint density at radius 2 is 1.40 bits per heavy atom. The quantitative estimate of drug-likeness (QED) is 0.261. The molecule has 0 fully saturated rings. The van der Waals surface area contributed by atoms with Gasteiger partial charge < -0.3 is 9.47 Å². The first-order chi connectivity index (χ1) is 20.6. The first kappa shape index (κ1) is 25.1. The number of carbonyl (C=O) groups excluding carboxylic acids is 2. The van der Waals surface area contributed by atoms with Gasteiger partial charge in [-0.15, -0.1) is 5.10 Å². The van der Waals surface area contributed by atoms with Crippen LogP contribution in [-0.4, -0.2) is 35.7 Å². The molecular weight excluding hydrogens is 532 g/mol. The highest BCUT2D eigenvalue weighted by Gasteiger charge is 2.52. The second-order valence-electron chi connectivity index (χ2n) is 9.72. The van der Waals surface area contributed by atoms with E-state index >= 15 is 0 Å². The average molecular weight is 557 g/mol. The van der Waals surface area contributed by atoms with Crippen LogP contribution < -0.4 is 25.6 Å². The molecule has 4 aromatic rings. The summed E-state index contributed by atoms with van der Waals surface area (Å²) in [6.07, 6.45) is 1.28. The molecule has 7 rings (SSSR count). The zero-order chi connectivity index (χ0) is 28.7. The van der Waals surface area contributed by atoms with Gasteiger partial charge in [0.1, 0.15) is 17.8 Å². The lowest BCUT2D eigenvalue weighted by Gasteiger charge is -2.38. The number of carbonyl (C=O) groups is 2. The summed E-state index contributed by atoms with van der Waals surface area (Å²) in [7, 11) is 1.58. The molecule has 1 aliphatic carbocycles. The summed E-state index contributed by atoms with van der Waals surface area (Å²) in [6.45, 7) is 0. The normalized spacial score (nSPS) is 17.4. The van der Waals surface area contributed by atoms with Crippen LogP contribution in [0.5, 0.6) is 11.5 Å². The van der Waals surface area contributed by atoms with Gasteiger partial charge in [-0.1, -0.05) is 78.9 Å². The largest absolute Gasteiger partial charge is 0.497 e. The number of hydrogen-bond acceptors (Lipinski definition) is 8. The first-order valence-electron chi connectivity index (χ1n) is 13.2. The summed E-state index contributed by atoms with van der Waals surface area (Å²) in [5, 5.41) is 8.86. The van der Waals surface area contributed by atoms with E-state index in [0.29, 0.717) is 22.9 Å². The van der Waals surface area contributed by atoms with Gasteiger partial charge in [0, 0.05) is 16.7 Å². The molecule has 0 saturated carbocycles. The minimum Gasteiger partial charge on any atom is -0.497 e. The molecule has 0 saturated heterocycles. The number of benzene rings is 4. The molecule has 1 spiro atoms. The van der Waals surface area contributed by atoms with Gasteiger partial charge in [0.25, 0.3) is 11.8 Å². The Morgan fingerprint density at radius 3 is 2.05 bits per heavy atom. The van der Waals surface area contributed by atoms with Gasteiger partial charge in [0.15, 0.2) is 17.1 Å². The fraction of sp³-hybridized carbons (Fsp3) is 0.0625. The van der Waals surface area contributed by atoms with Crippen LogP contribution in [0.25, 0.3) is 11.1 Å². The van der Waals surface area contributed by atoms with E-state index in [1.165, 1.54) is 11.3 Å². The van der Waals surface area contributed by atoms with Crippen molar-refractivity contribution < 1.29 is 19.1 Å². The standard InChI is InChI=1S/C32H24N6O4/c1-41-21-15-17-22(18-16-21)42-19-27-29(39)36-38(28(33-27)20-9-3-2-4-10-20)31-34-30(40)32(37-35-31)25-13-7-5-11-23(25)24-12-6-8-14-26(24)32/h2-19,37H,1H3,(H,36,39)(H,34,35,40)/b27-19+. The fourth-order valence-corrected chi connectivity index (χ4v) is 5.34. The van der Waals surface area contributed by atoms with E-state index < -0.39 is 11.4 Å². The zero-order valence-electron chi connectivity index (χ0n) is 22.4. The monoisotopic (exact) mass is 556 g/mol. The van der Waals surface area contributed by atoms with Gasteiger partial charge in [-0.25, -0.2) is 4.99 Å². The lowest BCUT2D eigenvalue weighted by atomic mass is 9.86. The number of guanidine groups is 1. The van der Waals surface area contributed by atoms with Gasteiger partial charge in [-0.2, -0.15) is 5.01 Å². The number of amidine groups is 1. The molecule has 2 aliphatic heterocycles. The third-order valence-electron chi connectivity index (χ3n) is 7.34. The molecule has 0 atom stereocenters. The Hall–Kier alpha value is -5.90. The maximum Gasteiger partial charge on any atom is 0.292 e. The number of hydrogen-bond donors (Lipinski definition) is 3. The Kier molecular flexibility index (Phi) is 5.93. The van der Waals surface area contributed by atoms with Gasteiger partial charge in [0.05, 0.1) is 7.11 Å². The Bertz CT molecular complexity index is 1770. The number of amides is 2. The fourth-order valence-electron chi connectivity index (χ4n) is 5.34. The van der Waals surface area contributed by atoms with Crippen molar-refractivity contribution in [3.05, 3.63) is 132 Å². The molecule has 3 N–H and O–H groups in total. The summed E-state index contributed by atoms with van der Waals surface area (Å²) in [5.74, 6) is 0.710. The predicted octanol–water partition coefficient (Wildman–Crippen LogP) is 3.62. The molecule has 3 aliphatic rings. The highest BCUT2D eigenvalue weighted by Crippen LogP contribution is 2.48. The van der Waals surface area contributed by atoms with Crippen LogP contribution >= 0.6 is 0 Å². The Balaban J connectivity index is 1.25. The molecule has 0 unspecified atom stereocenters. The number of methoxy groups -OCH3 is 1. The van der Waals surface area contributed by atoms with Crippen LogP contribution in [0.1, 0.15) is 16.7 Å². The molecule has 2 heterocycles. The van der Waals surface area contributed by atoms with Crippen molar-refractivity contribution in [1.82, 2.24) is 21.2 Å². The molecule has 0 aromatic heterocycles. The van der Waals surface area contributed by atoms with Crippen molar-refractivity contribution in [2.45, 2.75) is 5.54 Å². The zero-order valence-corrected chi connectivity index (χ0v) is 22.4. The van der Waals surface area contributed by atoms with Crippen molar-refractivity contribution in [3.8, 4) is 22.6 Å². The van der Waals surface area contributed by atoms with E-state index in [1.54, 1.807) is 31.4 Å². The second-order valence-corrected chi connectivity index (χ2v) is 9.72. The highest BCUT2D eigenvalue weighted by molar-refractivity contribution is 6.18. The lowest BCUT2D eigenvalue weighted by Crippen LogP contribution is -2.65. The number of hydrazone groups is 1. The van der Waals surface area contributed by atoms with Crippen LogP contribution in [0.3, 0.4) is 0 Å². The third kappa shape index (κ3) is 3.96. The Morgan fingerprint density at radius 1 is 0.786 bits per heavy atom. The SMILES string of the molecule is COc1ccc(O/C=C2/N=C(c3ccccc3)N(C3=NNC4(C(=O)N3)c3ccccc3-c3ccccc34)NC2=O)cc1. The van der Waals surface area contributed by atoms with Crippen molar-refractivity contribution in [2.24, 2.45) is 10.1 Å². The minimum atomic E-state index is -1.22. The van der Waals surface area contributed by atoms with Gasteiger partial charge in [-0.05, 0) is 35.4 Å². The van der Waals surface area contributed by atoms with Crippen molar-refractivity contribution in [3.63, 3.8) is 0 Å². The maximum absolute atomic E-state index is 14.0. The van der Waals surface area contributed by atoms with E-state index in [9.17, 15) is 9.59 Å². The molecular formula is C32H24N6O4. The van der Waals surface area contributed by atoms with E-state index in [1.807, 2.05) is 78.9 Å². The summed E-state index contributed by atoms with van der Waals surface area (Å²) in [4.78, 5) is 31.8. The van der Waals surface area contributed by atoms with Crippen LogP contribution in [0.2, 0.25) is 0 Å². The van der Waals surface area contributed by atoms with E-state index in [-0.39, 0.29) is 17.6 Å². The van der Waals surface area contributed by atoms with Crippen LogP contribution in [0, 0.1) is 0 Å². The van der Waals surface area contributed by atoms with E-state index in [2.05, 4.69) is 26.3 Å². The molecule has 0 radical (unpaired) electrons. The molecule has 2 amide bonds. The predicted molar refractivity (Wildman–Crippen MR) is 156 cm³/mol. The maximum atomic E-state index is 14.0. The highest BCUT2D eigenvalue weighted by atomic mass is 16.5.